The van der Waals surface area contributed by atoms with Gasteiger partial charge in [-0.25, -0.2) is 43.9 Å². The Kier molecular flexibility index (Phi) is 13.1. The van der Waals surface area contributed by atoms with E-state index in [1.54, 1.807) is 48.5 Å². The summed E-state index contributed by atoms with van der Waals surface area (Å²) in [4.78, 5) is 0. The molecule has 0 spiro atoms. The van der Waals surface area contributed by atoms with Crippen LogP contribution in [0.15, 0.2) is 53.1 Å². The van der Waals surface area contributed by atoms with E-state index in [4.69, 9.17) is 32.9 Å². The number of hydrogen-bond donors (Lipinski definition) is 0. The van der Waals surface area contributed by atoms with E-state index < -0.39 is 87.1 Å². The minimum absolute atomic E-state index is 0.0358. The van der Waals surface area contributed by atoms with E-state index in [0.29, 0.717) is 23.0 Å². The summed E-state index contributed by atoms with van der Waals surface area (Å²) in [5.41, 5.74) is -4.19. The van der Waals surface area contributed by atoms with Crippen LogP contribution in [0.5, 0.6) is 23.0 Å². The number of fused-ring (bicyclic) bond motifs is 2. The first-order chi connectivity index (χ1) is 27.4. The van der Waals surface area contributed by atoms with Crippen molar-refractivity contribution in [2.24, 2.45) is 0 Å². The van der Waals surface area contributed by atoms with Gasteiger partial charge in [0.05, 0.1) is 24.8 Å². The second kappa shape index (κ2) is 18.2. The fraction of sp³-hybridized carbons (Fsp3) is 0.308. The van der Waals surface area contributed by atoms with Crippen molar-refractivity contribution in [3.63, 3.8) is 0 Å². The molecule has 8 nitrogen and oxygen atoms in total. The van der Waals surface area contributed by atoms with E-state index >= 15 is 17.6 Å². The lowest BCUT2D eigenvalue weighted by molar-refractivity contribution is -0.00988. The number of para-hydroxylation sites is 4. The van der Waals surface area contributed by atoms with E-state index in [0.717, 1.165) is 0 Å². The highest BCUT2D eigenvalue weighted by atomic mass is 19.2. The van der Waals surface area contributed by atoms with Gasteiger partial charge in [-0.2, -0.15) is 0 Å². The summed E-state index contributed by atoms with van der Waals surface area (Å²) < 4.78 is 188. The molecule has 0 bridgehead atoms. The van der Waals surface area contributed by atoms with Crippen LogP contribution in [0.25, 0.3) is 0 Å². The third-order valence-electron chi connectivity index (χ3n) is 8.79. The number of benzene rings is 4. The van der Waals surface area contributed by atoms with E-state index in [-0.39, 0.29) is 70.3 Å². The fourth-order valence-electron chi connectivity index (χ4n) is 6.00. The molecule has 0 fully saturated rings. The van der Waals surface area contributed by atoms with Crippen LogP contribution in [0, 0.1) is 65.1 Å². The molecule has 4 aromatic carbocycles. The van der Waals surface area contributed by atoms with Gasteiger partial charge in [-0.15, -0.1) is 0 Å². The molecule has 0 radical (unpaired) electrons. The second-order valence-corrected chi connectivity index (χ2v) is 12.4. The lowest BCUT2D eigenvalue weighted by Crippen LogP contribution is -2.29. The average Bonchev–Trinajstić information content (AvgIpc) is 3.58. The molecule has 0 unspecified atom stereocenters. The maximum atomic E-state index is 15.3. The van der Waals surface area contributed by atoms with E-state index in [1.165, 1.54) is 6.92 Å². The normalized spacial score (nSPS) is 14.3. The highest BCUT2D eigenvalue weighted by Crippen LogP contribution is 2.43. The van der Waals surface area contributed by atoms with Gasteiger partial charge in [0.1, 0.15) is 32.5 Å². The molecule has 0 saturated carbocycles. The Bertz CT molecular complexity index is 2040. The Labute approximate surface area is 317 Å². The van der Waals surface area contributed by atoms with Crippen molar-refractivity contribution in [2.75, 3.05) is 46.2 Å². The smallest absolute Gasteiger partial charge is 0.200 e. The lowest BCUT2D eigenvalue weighted by atomic mass is 9.84. The monoisotopic (exact) mass is 815 g/mol. The molecule has 1 aliphatic rings. The first kappa shape index (κ1) is 41.2. The molecular weight excluding hydrogens is 784 g/mol. The molecule has 0 amide bonds. The van der Waals surface area contributed by atoms with Crippen LogP contribution in [0.4, 0.5) is 43.9 Å². The van der Waals surface area contributed by atoms with Crippen molar-refractivity contribution in [3.05, 3.63) is 135 Å². The molecule has 0 N–H and O–H groups in total. The highest BCUT2D eigenvalue weighted by Gasteiger charge is 2.41. The molecule has 2 heterocycles. The van der Waals surface area contributed by atoms with Gasteiger partial charge in [0, 0.05) is 23.3 Å². The Balaban J connectivity index is 1.29. The molecule has 0 atom stereocenters. The molecule has 0 aliphatic carbocycles. The quantitative estimate of drug-likeness (QED) is 0.0666. The number of ether oxygens (including phenoxy) is 6. The van der Waals surface area contributed by atoms with Gasteiger partial charge >= 0.3 is 0 Å². The SMILES string of the molecule is Cc1noc(C(c2c(F)c(F)c(F)c(F)c2F)c2c(F)c(F)c(F)c(F)c2F)c1CCCOC1COc2ccccc2OCCOCCOc2ccccc2OC1. The molecule has 18 heteroatoms. The van der Waals surface area contributed by atoms with Crippen molar-refractivity contribution in [2.45, 2.75) is 31.8 Å². The number of hydrogen-bond acceptors (Lipinski definition) is 8. The largest absolute Gasteiger partial charge is 0.487 e. The first-order valence-electron chi connectivity index (χ1n) is 17.3. The number of halogens is 10. The van der Waals surface area contributed by atoms with Gasteiger partial charge in [-0.1, -0.05) is 29.4 Å². The third kappa shape index (κ3) is 8.76. The van der Waals surface area contributed by atoms with Gasteiger partial charge in [0.2, 0.25) is 11.6 Å². The van der Waals surface area contributed by atoms with E-state index in [1.807, 2.05) is 0 Å². The van der Waals surface area contributed by atoms with Crippen LogP contribution in [-0.2, 0) is 15.9 Å². The standard InChI is InChI=1S/C39H31F10NO7/c1-19-21(39(57-50-19)26(27-29(40)33(44)37(48)34(45)30(27)41)28-31(42)35(46)38(49)36(47)32(28)43)7-6-12-52-20-17-55-24-10-4-2-8-22(24)53-15-13-51-14-16-54-23-9-3-5-11-25(23)56-18-20/h2-5,8-11,20,26H,6-7,12-18H2,1H3. The van der Waals surface area contributed by atoms with Gasteiger partial charge in [-0.3, -0.25) is 0 Å². The maximum Gasteiger partial charge on any atom is 0.200 e. The molecule has 57 heavy (non-hydrogen) atoms. The molecular formula is C39H31F10NO7. The van der Waals surface area contributed by atoms with Gasteiger partial charge in [-0.05, 0) is 44.0 Å². The van der Waals surface area contributed by atoms with Crippen molar-refractivity contribution in [1.29, 1.82) is 0 Å². The Hall–Kier alpha value is -5.49. The van der Waals surface area contributed by atoms with Crippen LogP contribution >= 0.6 is 0 Å². The molecule has 5 aromatic rings. The zero-order valence-electron chi connectivity index (χ0n) is 29.7. The highest BCUT2D eigenvalue weighted by molar-refractivity contribution is 5.47. The summed E-state index contributed by atoms with van der Waals surface area (Å²) in [5.74, 6) is -28.1. The summed E-state index contributed by atoms with van der Waals surface area (Å²) in [7, 11) is 0. The number of aryl methyl sites for hydroxylation is 1. The minimum Gasteiger partial charge on any atom is -0.487 e. The fourth-order valence-corrected chi connectivity index (χ4v) is 6.00. The summed E-state index contributed by atoms with van der Waals surface area (Å²) in [5, 5.41) is 3.63. The molecule has 304 valence electrons. The average molecular weight is 816 g/mol. The molecule has 1 aromatic heterocycles. The number of nitrogens with zero attached hydrogens (tertiary/aromatic N) is 1. The predicted octanol–water partition coefficient (Wildman–Crippen LogP) is 8.82. The van der Waals surface area contributed by atoms with Crippen molar-refractivity contribution >= 4 is 0 Å². The zero-order chi connectivity index (χ0) is 40.8. The van der Waals surface area contributed by atoms with Crippen LogP contribution in [0.2, 0.25) is 0 Å². The third-order valence-corrected chi connectivity index (χ3v) is 8.79. The van der Waals surface area contributed by atoms with Crippen LogP contribution < -0.4 is 18.9 Å². The summed E-state index contributed by atoms with van der Waals surface area (Å²) >= 11 is 0. The summed E-state index contributed by atoms with van der Waals surface area (Å²) in [6, 6.07) is 13.7. The summed E-state index contributed by atoms with van der Waals surface area (Å²) in [6.07, 6.45) is -1.11. The van der Waals surface area contributed by atoms with Crippen molar-refractivity contribution in [3.8, 4) is 23.0 Å². The Morgan fingerprint density at radius 3 is 1.42 bits per heavy atom. The molecule has 1 aliphatic heterocycles. The Morgan fingerprint density at radius 1 is 0.579 bits per heavy atom. The Morgan fingerprint density at radius 2 is 0.982 bits per heavy atom. The number of rotatable bonds is 8. The van der Waals surface area contributed by atoms with Gasteiger partial charge < -0.3 is 32.9 Å². The molecule has 6 rings (SSSR count). The minimum atomic E-state index is -2.90. The van der Waals surface area contributed by atoms with Crippen molar-refractivity contribution in [1.82, 2.24) is 5.16 Å². The van der Waals surface area contributed by atoms with E-state index in [2.05, 4.69) is 5.16 Å². The topological polar surface area (TPSA) is 81.4 Å². The van der Waals surface area contributed by atoms with E-state index in [9.17, 15) is 26.3 Å². The summed E-state index contributed by atoms with van der Waals surface area (Å²) in [6.45, 7) is 1.87. The van der Waals surface area contributed by atoms with Crippen LogP contribution in [-0.4, -0.2) is 57.5 Å². The maximum absolute atomic E-state index is 15.3. The van der Waals surface area contributed by atoms with Crippen LogP contribution in [0.1, 0.15) is 40.5 Å². The van der Waals surface area contributed by atoms with Crippen molar-refractivity contribution < 1.29 is 76.8 Å². The van der Waals surface area contributed by atoms with Crippen LogP contribution in [0.3, 0.4) is 0 Å². The number of aromatic nitrogens is 1. The first-order valence-corrected chi connectivity index (χ1v) is 17.3. The lowest BCUT2D eigenvalue weighted by Gasteiger charge is -2.22. The zero-order valence-corrected chi connectivity index (χ0v) is 29.7. The van der Waals surface area contributed by atoms with Gasteiger partial charge in [0.25, 0.3) is 0 Å². The predicted molar refractivity (Wildman–Crippen MR) is 178 cm³/mol. The molecule has 0 saturated heterocycles. The second-order valence-electron chi connectivity index (χ2n) is 12.4. The van der Waals surface area contributed by atoms with Gasteiger partial charge in [0.15, 0.2) is 75.3 Å².